The minimum atomic E-state index is -2.36. The maximum absolute atomic E-state index is 6.92. The average molecular weight is 197 g/mol. The summed E-state index contributed by atoms with van der Waals surface area (Å²) in [5.41, 5.74) is 0.685. The summed E-state index contributed by atoms with van der Waals surface area (Å²) >= 11 is 0. The number of rotatable bonds is 3. The molecule has 0 aromatic carbocycles. The van der Waals surface area contributed by atoms with Crippen molar-refractivity contribution in [2.24, 2.45) is 0 Å². The number of aromatic nitrogens is 1. The van der Waals surface area contributed by atoms with Crippen LogP contribution in [0.25, 0.3) is 0 Å². The van der Waals surface area contributed by atoms with E-state index >= 15 is 0 Å². The molecular formula is C11H18N2O. The zero-order valence-corrected chi connectivity index (χ0v) is 8.79. The Hall–Kier alpha value is -1.09. The third-order valence-corrected chi connectivity index (χ3v) is 1.57. The molecule has 14 heavy (non-hydrogen) atoms. The zero-order chi connectivity index (χ0) is 13.1. The molecule has 0 bridgehead atoms. The summed E-state index contributed by atoms with van der Waals surface area (Å²) in [5.74, 6) is 0.759. The summed E-state index contributed by atoms with van der Waals surface area (Å²) in [5, 5.41) is 3.22. The average Bonchev–Trinajstić information content (AvgIpc) is 2.13. The normalized spacial score (nSPS) is 15.5. The van der Waals surface area contributed by atoms with E-state index in [0.29, 0.717) is 0 Å². The molecule has 1 N–H and O–H groups in total. The third kappa shape index (κ3) is 3.75. The van der Waals surface area contributed by atoms with Crippen LogP contribution in [-0.2, 0) is 11.3 Å². The molecule has 0 radical (unpaired) electrons. The van der Waals surface area contributed by atoms with Crippen molar-refractivity contribution in [2.45, 2.75) is 32.9 Å². The minimum Gasteiger partial charge on any atom is -0.380 e. The van der Waals surface area contributed by atoms with Crippen molar-refractivity contribution in [1.29, 1.82) is 0 Å². The minimum absolute atomic E-state index is 0.0410. The zero-order valence-electron chi connectivity index (χ0n) is 11.8. The highest BCUT2D eigenvalue weighted by Crippen LogP contribution is 2.12. The summed E-state index contributed by atoms with van der Waals surface area (Å²) in [6.07, 6.45) is 1.61. The van der Waals surface area contributed by atoms with Crippen molar-refractivity contribution in [3.8, 4) is 0 Å². The molecular weight excluding hydrogens is 176 g/mol. The lowest BCUT2D eigenvalue weighted by atomic mass is 10.1. The fraction of sp³-hybridized carbons (Fsp3) is 0.545. The smallest absolute Gasteiger partial charge is 0.126 e. The molecule has 0 aliphatic heterocycles. The maximum atomic E-state index is 6.92. The Bertz CT molecular complexity index is 354. The molecule has 0 saturated heterocycles. The van der Waals surface area contributed by atoms with Crippen molar-refractivity contribution in [2.75, 3.05) is 12.4 Å². The van der Waals surface area contributed by atoms with E-state index in [2.05, 4.69) is 10.3 Å². The van der Waals surface area contributed by atoms with Crippen LogP contribution in [0.4, 0.5) is 5.82 Å². The van der Waals surface area contributed by atoms with Gasteiger partial charge in [-0.05, 0) is 32.4 Å². The molecule has 0 aliphatic carbocycles. The van der Waals surface area contributed by atoms with Crippen molar-refractivity contribution in [1.82, 2.24) is 4.98 Å². The summed E-state index contributed by atoms with van der Waals surface area (Å²) in [7, 11) is -2.36. The molecule has 1 aromatic heterocycles. The van der Waals surface area contributed by atoms with Crippen LogP contribution in [0.1, 0.15) is 30.4 Å². The van der Waals surface area contributed by atoms with E-state index < -0.39 is 7.04 Å². The Kier molecular flexibility index (Phi) is 2.28. The van der Waals surface area contributed by atoms with Crippen LogP contribution in [0.5, 0.6) is 0 Å². The molecule has 3 nitrogen and oxygen atoms in total. The molecule has 1 rings (SSSR count). The molecule has 0 amide bonds. The van der Waals surface area contributed by atoms with E-state index in [0.717, 1.165) is 11.4 Å². The van der Waals surface area contributed by atoms with Gasteiger partial charge in [0.1, 0.15) is 5.82 Å². The highest BCUT2D eigenvalue weighted by Gasteiger charge is 2.09. The Balaban J connectivity index is 2.56. The number of methoxy groups -OCH3 is 1. The molecule has 0 saturated carbocycles. The first-order valence-corrected chi connectivity index (χ1v) is 4.53. The largest absolute Gasteiger partial charge is 0.380 e. The first kappa shape index (κ1) is 7.23. The molecule has 1 aromatic rings. The van der Waals surface area contributed by atoms with Gasteiger partial charge in [0.15, 0.2) is 0 Å². The molecule has 0 spiro atoms. The van der Waals surface area contributed by atoms with Gasteiger partial charge in [-0.25, -0.2) is 4.98 Å². The van der Waals surface area contributed by atoms with Crippen LogP contribution >= 0.6 is 0 Å². The van der Waals surface area contributed by atoms with Gasteiger partial charge < -0.3 is 10.1 Å². The van der Waals surface area contributed by atoms with Gasteiger partial charge in [0, 0.05) is 18.8 Å². The second-order valence-electron chi connectivity index (χ2n) is 4.22. The lowest BCUT2D eigenvalue weighted by Crippen LogP contribution is -2.26. The number of nitrogens with zero attached hydrogens (tertiary/aromatic N) is 1. The van der Waals surface area contributed by atoms with Gasteiger partial charge >= 0.3 is 0 Å². The first-order valence-electron chi connectivity index (χ1n) is 6.03. The van der Waals surface area contributed by atoms with Gasteiger partial charge in [0.05, 0.1) is 10.7 Å². The fourth-order valence-electron chi connectivity index (χ4n) is 1.05. The Morgan fingerprint density at radius 3 is 2.79 bits per heavy atom. The molecule has 3 heteroatoms. The van der Waals surface area contributed by atoms with Gasteiger partial charge in [-0.3, -0.25) is 0 Å². The predicted octanol–water partition coefficient (Wildman–Crippen LogP) is 2.44. The monoisotopic (exact) mass is 197 g/mol. The Morgan fingerprint density at radius 1 is 1.50 bits per heavy atom. The molecule has 78 valence electrons. The van der Waals surface area contributed by atoms with Gasteiger partial charge in [0.25, 0.3) is 0 Å². The number of hydrogen-bond donors (Lipinski definition) is 1. The van der Waals surface area contributed by atoms with Gasteiger partial charge in [-0.15, -0.1) is 0 Å². The number of pyridine rings is 1. The number of anilines is 1. The highest BCUT2D eigenvalue weighted by molar-refractivity contribution is 5.37. The molecule has 0 atom stereocenters. The summed E-state index contributed by atoms with van der Waals surface area (Å²) < 4.78 is 25.5. The molecule has 0 unspecified atom stereocenters. The quantitative estimate of drug-likeness (QED) is 0.808. The van der Waals surface area contributed by atoms with Crippen molar-refractivity contribution in [3.63, 3.8) is 0 Å². The van der Waals surface area contributed by atoms with E-state index in [1.54, 1.807) is 12.3 Å². The van der Waals surface area contributed by atoms with Gasteiger partial charge in [0.2, 0.25) is 0 Å². The first-order chi connectivity index (χ1) is 7.66. The summed E-state index contributed by atoms with van der Waals surface area (Å²) in [4.78, 5) is 4.19. The molecule has 1 heterocycles. The van der Waals surface area contributed by atoms with Crippen molar-refractivity contribution in [3.05, 3.63) is 23.9 Å². The predicted molar refractivity (Wildman–Crippen MR) is 58.3 cm³/mol. The van der Waals surface area contributed by atoms with E-state index in [-0.39, 0.29) is 12.1 Å². The van der Waals surface area contributed by atoms with Gasteiger partial charge in [-0.2, -0.15) is 0 Å². The van der Waals surface area contributed by atoms with Crippen LogP contribution < -0.4 is 5.32 Å². The SMILES string of the molecule is [2H]C([2H])([2H])OCc1ccc(NC(C)(C)C)nc1. The van der Waals surface area contributed by atoms with Crippen LogP contribution in [0.2, 0.25) is 0 Å². The van der Waals surface area contributed by atoms with Crippen molar-refractivity contribution < 1.29 is 8.85 Å². The third-order valence-electron chi connectivity index (χ3n) is 1.57. The number of hydrogen-bond acceptors (Lipinski definition) is 3. The summed E-state index contributed by atoms with van der Waals surface area (Å²) in [6.45, 7) is 6.17. The van der Waals surface area contributed by atoms with Crippen LogP contribution in [0.15, 0.2) is 18.3 Å². The Morgan fingerprint density at radius 2 is 2.29 bits per heavy atom. The lowest BCUT2D eigenvalue weighted by molar-refractivity contribution is 0.184. The van der Waals surface area contributed by atoms with E-state index in [9.17, 15) is 0 Å². The van der Waals surface area contributed by atoms with E-state index in [4.69, 9.17) is 8.85 Å². The van der Waals surface area contributed by atoms with Crippen molar-refractivity contribution >= 4 is 5.82 Å². The van der Waals surface area contributed by atoms with Crippen LogP contribution in [-0.4, -0.2) is 17.6 Å². The second kappa shape index (κ2) is 4.42. The highest BCUT2D eigenvalue weighted by atomic mass is 16.5. The van der Waals surface area contributed by atoms with Crippen LogP contribution in [0.3, 0.4) is 0 Å². The fourth-order valence-corrected chi connectivity index (χ4v) is 1.05. The molecule has 0 fully saturated rings. The standard InChI is InChI=1S/C11H18N2O/c1-11(2,3)13-10-6-5-9(7-12-10)8-14-4/h5-7H,8H2,1-4H3,(H,12,13)/i4D3. The number of ether oxygens (including phenoxy) is 1. The topological polar surface area (TPSA) is 34.1 Å². The Labute approximate surface area is 89.7 Å². The second-order valence-corrected chi connectivity index (χ2v) is 4.22. The van der Waals surface area contributed by atoms with Gasteiger partial charge in [-0.1, -0.05) is 6.07 Å². The maximum Gasteiger partial charge on any atom is 0.126 e. The lowest BCUT2D eigenvalue weighted by Gasteiger charge is -2.21. The van der Waals surface area contributed by atoms with E-state index in [1.165, 1.54) is 0 Å². The molecule has 0 aliphatic rings. The number of nitrogens with one attached hydrogen (secondary N) is 1. The summed E-state index contributed by atoms with van der Waals surface area (Å²) in [6, 6.07) is 3.61. The van der Waals surface area contributed by atoms with E-state index in [1.807, 2.05) is 26.8 Å². The van der Waals surface area contributed by atoms with Crippen LogP contribution in [0, 0.1) is 0 Å².